The van der Waals surface area contributed by atoms with Crippen LogP contribution in [0.15, 0.2) is 74.7 Å². The van der Waals surface area contributed by atoms with Crippen molar-refractivity contribution >= 4 is 15.1 Å². The second-order valence-electron chi connectivity index (χ2n) is 15.4. The monoisotopic (exact) mass is 710 g/mol. The minimum absolute atomic E-state index is 0. The van der Waals surface area contributed by atoms with Gasteiger partial charge in [0.05, 0.1) is 0 Å². The van der Waals surface area contributed by atoms with E-state index in [-0.39, 0.29) is 41.5 Å². The van der Waals surface area contributed by atoms with Gasteiger partial charge in [0.15, 0.2) is 0 Å². The Kier molecular flexibility index (Phi) is 10.7. The second kappa shape index (κ2) is 12.8. The number of hydrogen-bond donors (Lipinski definition) is 0. The molecule has 3 aromatic carbocycles. The van der Waals surface area contributed by atoms with Gasteiger partial charge in [-0.2, -0.15) is 0 Å². The van der Waals surface area contributed by atoms with Gasteiger partial charge in [0.2, 0.25) is 0 Å². The molecule has 43 heavy (non-hydrogen) atoms. The normalized spacial score (nSPS) is 16.4. The van der Waals surface area contributed by atoms with Crippen LogP contribution >= 0.6 is 0 Å². The van der Waals surface area contributed by atoms with Crippen molar-refractivity contribution in [2.24, 2.45) is 5.92 Å². The molecule has 5 heteroatoms. The predicted octanol–water partition coefficient (Wildman–Crippen LogP) is 3.82. The quantitative estimate of drug-likeness (QED) is 0.283. The van der Waals surface area contributed by atoms with Crippen molar-refractivity contribution in [2.75, 3.05) is 0 Å². The largest absolute Gasteiger partial charge is 1.00 e. The van der Waals surface area contributed by atoms with Gasteiger partial charge >= 0.3 is 258 Å². The van der Waals surface area contributed by atoms with E-state index < -0.39 is 29.3 Å². The Labute approximate surface area is 281 Å². The molecule has 0 saturated heterocycles. The number of fused-ring (bicyclic) bond motifs is 3. The Balaban J connectivity index is 0.00000253. The van der Waals surface area contributed by atoms with Crippen molar-refractivity contribution in [2.45, 2.75) is 92.3 Å². The molecule has 2 aliphatic rings. The summed E-state index contributed by atoms with van der Waals surface area (Å²) >= 11 is -2.64. The molecular formula is C38H47Cl2FSiZr. The summed E-state index contributed by atoms with van der Waals surface area (Å²) in [7, 11) is -1.48. The van der Waals surface area contributed by atoms with Crippen molar-refractivity contribution in [3.05, 3.63) is 108 Å². The third-order valence-electron chi connectivity index (χ3n) is 9.00. The molecular weight excluding hydrogens is 666 g/mol. The van der Waals surface area contributed by atoms with Gasteiger partial charge in [-0.05, 0) is 0 Å². The molecule has 0 aromatic heterocycles. The third-order valence-corrected chi connectivity index (χ3v) is 18.7. The van der Waals surface area contributed by atoms with Gasteiger partial charge in [-0.1, -0.05) is 0 Å². The summed E-state index contributed by atoms with van der Waals surface area (Å²) in [5, 5.41) is 1.63. The van der Waals surface area contributed by atoms with Gasteiger partial charge in [0, 0.05) is 0 Å². The molecule has 1 atom stereocenters. The SMILES string of the molecule is CC1=[C](/[Zr+2](=[CH]/c2ccc(F)cc2)[c]2cc(C(C)(C)C)cc3c2Cc2ccc(C(C)(C)C)cc2-3)C(C)C=C1[Si](C)(C)C.[Cl-].[Cl-]. The standard InChI is InChI=1S/C21H25.C10H17Si.C7H5F.2ClH.Zr/c1-20(2,3)16-9-7-14-11-15-8-10-17(21(4,5)6)13-19(15)18(14)12-16;1-8-6-9(2)10(7-8)11(3,4)5;1-6-2-4-7(8)5-3-6;;;/h7,9-10,12-13H,11H2,1-6H3;7-8H,1-5H3;1-5H;2*1H;/q;;;;;+2/p-2. The van der Waals surface area contributed by atoms with E-state index in [1.54, 1.807) is 35.0 Å². The first-order valence-corrected chi connectivity index (χ1v) is 22.6. The number of rotatable bonds is 4. The van der Waals surface area contributed by atoms with Crippen LogP contribution in [0.3, 0.4) is 0 Å². The molecule has 1 unspecified atom stereocenters. The minimum Gasteiger partial charge on any atom is -1.00 e. The average molecular weight is 713 g/mol. The third kappa shape index (κ3) is 7.22. The van der Waals surface area contributed by atoms with Gasteiger partial charge < -0.3 is 24.8 Å². The fraction of sp³-hybridized carbons (Fsp3) is 0.395. The van der Waals surface area contributed by atoms with Gasteiger partial charge in [0.25, 0.3) is 0 Å². The van der Waals surface area contributed by atoms with Crippen LogP contribution in [-0.2, 0) is 38.5 Å². The maximum Gasteiger partial charge on any atom is -1.00 e. The molecule has 0 N–H and O–H groups in total. The van der Waals surface area contributed by atoms with E-state index in [9.17, 15) is 4.39 Å². The molecule has 2 aliphatic carbocycles. The van der Waals surface area contributed by atoms with Crippen LogP contribution in [0.4, 0.5) is 4.39 Å². The zero-order chi connectivity index (χ0) is 30.1. The molecule has 0 nitrogen and oxygen atoms in total. The van der Waals surface area contributed by atoms with Crippen molar-refractivity contribution in [3.8, 4) is 11.1 Å². The van der Waals surface area contributed by atoms with Crippen LogP contribution in [0.5, 0.6) is 0 Å². The summed E-state index contributed by atoms with van der Waals surface area (Å²) < 4.78 is 19.9. The molecule has 0 fully saturated rings. The van der Waals surface area contributed by atoms with Crippen LogP contribution in [-0.4, -0.2) is 11.8 Å². The number of hydrogen-bond acceptors (Lipinski definition) is 0. The summed E-state index contributed by atoms with van der Waals surface area (Å²) in [6.45, 7) is 26.2. The van der Waals surface area contributed by atoms with E-state index in [0.29, 0.717) is 5.92 Å². The first kappa shape index (κ1) is 36.1. The first-order valence-electron chi connectivity index (χ1n) is 15.2. The first-order chi connectivity index (χ1) is 18.9. The molecule has 0 radical (unpaired) electrons. The maximum absolute atomic E-state index is 14.0. The topological polar surface area (TPSA) is 0 Å². The van der Waals surface area contributed by atoms with Crippen molar-refractivity contribution in [3.63, 3.8) is 0 Å². The van der Waals surface area contributed by atoms with Crippen molar-refractivity contribution in [1.82, 2.24) is 0 Å². The molecule has 0 spiro atoms. The van der Waals surface area contributed by atoms with Gasteiger partial charge in [-0.15, -0.1) is 0 Å². The van der Waals surface area contributed by atoms with Gasteiger partial charge in [-0.3, -0.25) is 0 Å². The van der Waals surface area contributed by atoms with Crippen molar-refractivity contribution in [1.29, 1.82) is 0 Å². The van der Waals surface area contributed by atoms with Gasteiger partial charge in [0.1, 0.15) is 0 Å². The van der Waals surface area contributed by atoms with E-state index in [4.69, 9.17) is 0 Å². The molecule has 228 valence electrons. The maximum atomic E-state index is 14.0. The Morgan fingerprint density at radius 3 is 1.93 bits per heavy atom. The Hall–Kier alpha value is -1.38. The Bertz CT molecular complexity index is 1620. The van der Waals surface area contributed by atoms with E-state index in [1.165, 1.54) is 27.8 Å². The zero-order valence-corrected chi connectivity index (χ0v) is 32.7. The number of halogens is 3. The molecule has 0 saturated carbocycles. The molecule has 5 rings (SSSR count). The fourth-order valence-corrected chi connectivity index (χ4v) is 16.6. The van der Waals surface area contributed by atoms with E-state index in [1.807, 2.05) is 12.1 Å². The van der Waals surface area contributed by atoms with Crippen LogP contribution in [0.1, 0.15) is 83.2 Å². The van der Waals surface area contributed by atoms with Crippen molar-refractivity contribution < 1.29 is 50.5 Å². The van der Waals surface area contributed by atoms with Crippen LogP contribution < -0.4 is 28.1 Å². The van der Waals surface area contributed by atoms with Crippen LogP contribution in [0, 0.1) is 11.7 Å². The summed E-state index contributed by atoms with van der Waals surface area (Å²) in [5.41, 5.74) is 11.6. The zero-order valence-electron chi connectivity index (χ0n) is 27.8. The second-order valence-corrected chi connectivity index (χ2v) is 25.8. The summed E-state index contributed by atoms with van der Waals surface area (Å²) in [6, 6.07) is 19.5. The molecule has 0 heterocycles. The van der Waals surface area contributed by atoms with Crippen LogP contribution in [0.2, 0.25) is 19.6 Å². The molecule has 0 bridgehead atoms. The Morgan fingerprint density at radius 2 is 1.40 bits per heavy atom. The predicted molar refractivity (Wildman–Crippen MR) is 177 cm³/mol. The molecule has 0 amide bonds. The minimum atomic E-state index is -2.64. The number of benzene rings is 3. The van der Waals surface area contributed by atoms with E-state index in [2.05, 4.69) is 115 Å². The summed E-state index contributed by atoms with van der Waals surface area (Å²) in [4.78, 5) is 0. The Morgan fingerprint density at radius 1 is 0.814 bits per heavy atom. The van der Waals surface area contributed by atoms with Gasteiger partial charge in [-0.25, -0.2) is 0 Å². The van der Waals surface area contributed by atoms with Crippen LogP contribution in [0.25, 0.3) is 11.1 Å². The van der Waals surface area contributed by atoms with E-state index in [0.717, 1.165) is 12.0 Å². The smallest absolute Gasteiger partial charge is 1.00 e. The average Bonchev–Trinajstić information content (AvgIpc) is 3.38. The number of allylic oxidation sites excluding steroid dienone is 4. The fourth-order valence-electron chi connectivity index (χ4n) is 6.65. The molecule has 3 aromatic rings. The summed E-state index contributed by atoms with van der Waals surface area (Å²) in [5.74, 6) is 0.286. The molecule has 0 aliphatic heterocycles. The van der Waals surface area contributed by atoms with E-state index >= 15 is 0 Å². The summed E-state index contributed by atoms with van der Waals surface area (Å²) in [6.07, 6.45) is 3.60.